The molecule has 1 saturated heterocycles. The normalized spacial score (nSPS) is 17.5. The second-order valence-electron chi connectivity index (χ2n) is 4.49. The maximum atomic E-state index is 13.0. The summed E-state index contributed by atoms with van der Waals surface area (Å²) in [5.41, 5.74) is -1.18. The average Bonchev–Trinajstić information content (AvgIpc) is 2.30. The van der Waals surface area contributed by atoms with Crippen LogP contribution in [0.15, 0.2) is 12.1 Å². The number of carbonyl (C=O) groups is 1. The number of halogens is 3. The molecule has 18 heavy (non-hydrogen) atoms. The summed E-state index contributed by atoms with van der Waals surface area (Å²) in [7, 11) is 0. The van der Waals surface area contributed by atoms with E-state index in [1.54, 1.807) is 6.92 Å². The fourth-order valence-corrected chi connectivity index (χ4v) is 1.89. The molecule has 1 N–H and O–H groups in total. The number of hydrogen-bond donors (Lipinski definition) is 1. The van der Waals surface area contributed by atoms with Crippen LogP contribution in [0, 0.1) is 17.5 Å². The van der Waals surface area contributed by atoms with Crippen molar-refractivity contribution in [2.75, 3.05) is 13.1 Å². The monoisotopic (exact) mass is 259 g/mol. The lowest BCUT2D eigenvalue weighted by Crippen LogP contribution is -2.63. The molecular weight excluding hydrogens is 247 g/mol. The summed E-state index contributed by atoms with van der Waals surface area (Å²) >= 11 is 0. The number of hydrogen-bond acceptors (Lipinski definition) is 2. The Balaban J connectivity index is 2.16. The number of likely N-dealkylation sites (tertiary alicyclic amines) is 1. The highest BCUT2D eigenvalue weighted by Crippen LogP contribution is 2.26. The zero-order valence-electron chi connectivity index (χ0n) is 9.71. The molecule has 1 amide bonds. The minimum absolute atomic E-state index is 0.114. The number of aliphatic hydroxyl groups is 1. The first-order valence-corrected chi connectivity index (χ1v) is 5.52. The number of rotatable bonds is 2. The molecule has 0 saturated carbocycles. The van der Waals surface area contributed by atoms with Crippen LogP contribution in [-0.4, -0.2) is 34.6 Å². The zero-order valence-corrected chi connectivity index (χ0v) is 9.71. The molecule has 1 heterocycles. The predicted octanol–water partition coefficient (Wildman–Crippen LogP) is 1.70. The van der Waals surface area contributed by atoms with Gasteiger partial charge in [-0.15, -0.1) is 0 Å². The van der Waals surface area contributed by atoms with E-state index >= 15 is 0 Å². The topological polar surface area (TPSA) is 40.5 Å². The summed E-state index contributed by atoms with van der Waals surface area (Å²) in [6.07, 6.45) is 0.489. The number of benzene rings is 1. The highest BCUT2D eigenvalue weighted by Gasteiger charge is 2.42. The first kappa shape index (κ1) is 12.9. The summed E-state index contributed by atoms with van der Waals surface area (Å²) < 4.78 is 38.7. The van der Waals surface area contributed by atoms with Crippen LogP contribution in [0.25, 0.3) is 0 Å². The van der Waals surface area contributed by atoms with Gasteiger partial charge in [0.1, 0.15) is 0 Å². The number of nitrogens with zero attached hydrogens (tertiary/aromatic N) is 1. The van der Waals surface area contributed by atoms with Crippen molar-refractivity contribution in [3.05, 3.63) is 35.1 Å². The molecule has 0 spiro atoms. The van der Waals surface area contributed by atoms with E-state index in [1.165, 1.54) is 4.90 Å². The van der Waals surface area contributed by atoms with Crippen LogP contribution in [0.2, 0.25) is 0 Å². The highest BCUT2D eigenvalue weighted by molar-refractivity contribution is 5.95. The maximum Gasteiger partial charge on any atom is 0.254 e. The van der Waals surface area contributed by atoms with Crippen LogP contribution in [0.4, 0.5) is 13.2 Å². The summed E-state index contributed by atoms with van der Waals surface area (Å²) in [6, 6.07) is 1.31. The molecule has 1 aromatic carbocycles. The van der Waals surface area contributed by atoms with Gasteiger partial charge in [0.05, 0.1) is 18.7 Å². The molecule has 0 atom stereocenters. The molecule has 6 heteroatoms. The quantitative estimate of drug-likeness (QED) is 0.821. The molecule has 1 aliphatic heterocycles. The molecular formula is C12H12F3NO2. The molecule has 0 unspecified atom stereocenters. The summed E-state index contributed by atoms with van der Waals surface area (Å²) in [6.45, 7) is 2.00. The Morgan fingerprint density at radius 1 is 1.33 bits per heavy atom. The van der Waals surface area contributed by atoms with E-state index < -0.39 is 29.0 Å². The van der Waals surface area contributed by atoms with Crippen molar-refractivity contribution in [2.24, 2.45) is 0 Å². The van der Waals surface area contributed by atoms with Crippen molar-refractivity contribution in [1.29, 1.82) is 0 Å². The van der Waals surface area contributed by atoms with Crippen LogP contribution in [0.3, 0.4) is 0 Å². The molecule has 0 aromatic heterocycles. The summed E-state index contributed by atoms with van der Waals surface area (Å²) in [4.78, 5) is 13.1. The van der Waals surface area contributed by atoms with Crippen LogP contribution >= 0.6 is 0 Å². The second kappa shape index (κ2) is 4.28. The molecule has 2 rings (SSSR count). The van der Waals surface area contributed by atoms with Crippen molar-refractivity contribution >= 4 is 5.91 Å². The lowest BCUT2D eigenvalue weighted by atomic mass is 9.90. The largest absolute Gasteiger partial charge is 0.386 e. The fraction of sp³-hybridized carbons (Fsp3) is 0.417. The molecule has 0 aliphatic carbocycles. The molecule has 1 fully saturated rings. The van der Waals surface area contributed by atoms with Crippen LogP contribution in [0.5, 0.6) is 0 Å². The van der Waals surface area contributed by atoms with Gasteiger partial charge in [-0.3, -0.25) is 4.79 Å². The maximum absolute atomic E-state index is 13.0. The minimum atomic E-state index is -1.60. The van der Waals surface area contributed by atoms with Gasteiger partial charge < -0.3 is 10.0 Å². The van der Waals surface area contributed by atoms with E-state index in [-0.39, 0.29) is 18.7 Å². The minimum Gasteiger partial charge on any atom is -0.386 e. The summed E-state index contributed by atoms with van der Waals surface area (Å²) in [5.74, 6) is -5.01. The van der Waals surface area contributed by atoms with Crippen LogP contribution in [0.1, 0.15) is 23.7 Å². The van der Waals surface area contributed by atoms with Crippen molar-refractivity contribution in [3.63, 3.8) is 0 Å². The van der Waals surface area contributed by atoms with Gasteiger partial charge in [0.15, 0.2) is 17.5 Å². The zero-order chi connectivity index (χ0) is 13.5. The average molecular weight is 259 g/mol. The molecule has 3 nitrogen and oxygen atoms in total. The highest BCUT2D eigenvalue weighted by atomic mass is 19.2. The summed E-state index contributed by atoms with van der Waals surface area (Å²) in [5, 5.41) is 9.74. The Kier molecular flexibility index (Phi) is 3.06. The third-order valence-electron chi connectivity index (χ3n) is 3.15. The Bertz CT molecular complexity index is 475. The van der Waals surface area contributed by atoms with Gasteiger partial charge in [-0.25, -0.2) is 13.2 Å². The van der Waals surface area contributed by atoms with Gasteiger partial charge in [-0.05, 0) is 18.6 Å². The number of amides is 1. The van der Waals surface area contributed by atoms with Crippen molar-refractivity contribution < 1.29 is 23.1 Å². The van der Waals surface area contributed by atoms with Gasteiger partial charge in [0, 0.05) is 5.56 Å². The molecule has 98 valence electrons. The standard InChI is InChI=1S/C12H12F3NO2/c1-2-12(18)5-16(6-12)11(17)7-3-8(13)10(15)9(14)4-7/h3-4,18H,2,5-6H2,1H3. The number of carbonyl (C=O) groups excluding carboxylic acids is 1. The fourth-order valence-electron chi connectivity index (χ4n) is 1.89. The van der Waals surface area contributed by atoms with Crippen molar-refractivity contribution in [3.8, 4) is 0 Å². The van der Waals surface area contributed by atoms with Gasteiger partial charge in [-0.2, -0.15) is 0 Å². The van der Waals surface area contributed by atoms with Gasteiger partial charge in [0.2, 0.25) is 0 Å². The first-order chi connectivity index (χ1) is 8.36. The van der Waals surface area contributed by atoms with E-state index in [1.807, 2.05) is 0 Å². The van der Waals surface area contributed by atoms with Gasteiger partial charge in [-0.1, -0.05) is 6.92 Å². The van der Waals surface area contributed by atoms with E-state index in [2.05, 4.69) is 0 Å². The van der Waals surface area contributed by atoms with Crippen LogP contribution in [-0.2, 0) is 0 Å². The van der Waals surface area contributed by atoms with E-state index in [0.717, 1.165) is 0 Å². The van der Waals surface area contributed by atoms with Gasteiger partial charge >= 0.3 is 0 Å². The molecule has 0 radical (unpaired) electrons. The van der Waals surface area contributed by atoms with E-state index in [4.69, 9.17) is 0 Å². The second-order valence-corrected chi connectivity index (χ2v) is 4.49. The Morgan fingerprint density at radius 3 is 2.28 bits per heavy atom. The van der Waals surface area contributed by atoms with E-state index in [9.17, 15) is 23.1 Å². The Hall–Kier alpha value is -1.56. The lowest BCUT2D eigenvalue weighted by molar-refractivity contribution is -0.0826. The van der Waals surface area contributed by atoms with Crippen molar-refractivity contribution in [1.82, 2.24) is 4.90 Å². The SMILES string of the molecule is CCC1(O)CN(C(=O)c2cc(F)c(F)c(F)c2)C1. The Labute approximate surface area is 102 Å². The molecule has 1 aliphatic rings. The van der Waals surface area contributed by atoms with Gasteiger partial charge in [0.25, 0.3) is 5.91 Å². The van der Waals surface area contributed by atoms with Crippen LogP contribution < -0.4 is 0 Å². The van der Waals surface area contributed by atoms with Crippen molar-refractivity contribution in [2.45, 2.75) is 18.9 Å². The first-order valence-electron chi connectivity index (χ1n) is 5.52. The molecule has 1 aromatic rings. The third-order valence-corrected chi connectivity index (χ3v) is 3.15. The molecule has 0 bridgehead atoms. The smallest absolute Gasteiger partial charge is 0.254 e. The predicted molar refractivity (Wildman–Crippen MR) is 57.5 cm³/mol. The third kappa shape index (κ3) is 2.08. The lowest BCUT2D eigenvalue weighted by Gasteiger charge is -2.46. The Morgan fingerprint density at radius 2 is 1.83 bits per heavy atom. The number of β-amino-alcohol motifs (C(OH)–C–C–N with tert-alkyl or cyclic N) is 1. The van der Waals surface area contributed by atoms with E-state index in [0.29, 0.717) is 18.6 Å².